The van der Waals surface area contributed by atoms with Crippen molar-refractivity contribution >= 4 is 17.2 Å². The molecule has 4 nitrogen and oxygen atoms in total. The highest BCUT2D eigenvalue weighted by Gasteiger charge is 2.39. The summed E-state index contributed by atoms with van der Waals surface area (Å²) in [5.74, 6) is -0.116. The number of benzene rings is 1. The van der Waals surface area contributed by atoms with Gasteiger partial charge in [-0.2, -0.15) is 13.2 Å². The maximum atomic E-state index is 13.2. The minimum atomic E-state index is -4.42. The number of rotatable bonds is 4. The fourth-order valence-electron chi connectivity index (χ4n) is 3.41. The predicted molar refractivity (Wildman–Crippen MR) is 91.9 cm³/mol. The van der Waals surface area contributed by atoms with Gasteiger partial charge in [-0.15, -0.1) is 11.3 Å². The molecule has 1 aromatic heterocycles. The molecule has 1 fully saturated rings. The van der Waals surface area contributed by atoms with Crippen LogP contribution in [0.15, 0.2) is 36.0 Å². The molecule has 0 atom stereocenters. The predicted octanol–water partition coefficient (Wildman–Crippen LogP) is 3.62. The number of hydrogen-bond acceptors (Lipinski definition) is 4. The van der Waals surface area contributed by atoms with E-state index in [9.17, 15) is 23.1 Å². The van der Waals surface area contributed by atoms with Crippen molar-refractivity contribution in [2.24, 2.45) is 5.41 Å². The molecule has 0 aliphatic carbocycles. The molecule has 1 aliphatic rings. The number of carbonyl (C=O) groups is 1. The van der Waals surface area contributed by atoms with Crippen LogP contribution in [0.1, 0.15) is 33.6 Å². The van der Waals surface area contributed by atoms with Crippen molar-refractivity contribution in [1.82, 2.24) is 9.88 Å². The average molecular weight is 384 g/mol. The van der Waals surface area contributed by atoms with Gasteiger partial charge < -0.3 is 10.0 Å². The van der Waals surface area contributed by atoms with Crippen molar-refractivity contribution in [3.8, 4) is 0 Å². The molecule has 26 heavy (non-hydrogen) atoms. The van der Waals surface area contributed by atoms with Gasteiger partial charge >= 0.3 is 6.18 Å². The summed E-state index contributed by atoms with van der Waals surface area (Å²) < 4.78 is 39.7. The first-order chi connectivity index (χ1) is 12.3. The number of likely N-dealkylation sites (tertiary alicyclic amines) is 1. The van der Waals surface area contributed by atoms with E-state index in [0.29, 0.717) is 30.8 Å². The second-order valence-electron chi connectivity index (χ2n) is 6.65. The normalized spacial score (nSPS) is 17.3. The summed E-state index contributed by atoms with van der Waals surface area (Å²) in [5, 5.41) is 9.91. The molecule has 0 unspecified atom stereocenters. The Morgan fingerprint density at radius 2 is 1.96 bits per heavy atom. The van der Waals surface area contributed by atoms with Crippen molar-refractivity contribution in [1.29, 1.82) is 0 Å². The van der Waals surface area contributed by atoms with Crippen LogP contribution in [-0.4, -0.2) is 40.6 Å². The summed E-state index contributed by atoms with van der Waals surface area (Å²) in [7, 11) is 0. The third-order valence-electron chi connectivity index (χ3n) is 4.98. The standard InChI is InChI=1S/C18H19F3N2O2S/c19-18(20,21)14-4-2-1-3-13(14)9-17(11-24)5-7-23(8-6-17)16(25)15-10-22-12-26-15/h1-4,10,12,24H,5-9,11H2. The summed E-state index contributed by atoms with van der Waals surface area (Å²) in [4.78, 5) is 18.5. The van der Waals surface area contributed by atoms with Gasteiger partial charge in [-0.3, -0.25) is 9.78 Å². The lowest BCUT2D eigenvalue weighted by atomic mass is 9.73. The number of aliphatic hydroxyl groups excluding tert-OH is 1. The van der Waals surface area contributed by atoms with Gasteiger partial charge in [0.1, 0.15) is 4.88 Å². The molecular formula is C18H19F3N2O2S. The molecule has 140 valence electrons. The number of alkyl halides is 3. The van der Waals surface area contributed by atoms with Crippen molar-refractivity contribution < 1.29 is 23.1 Å². The lowest BCUT2D eigenvalue weighted by Crippen LogP contribution is -2.45. The maximum Gasteiger partial charge on any atom is 0.416 e. The van der Waals surface area contributed by atoms with E-state index in [1.54, 1.807) is 16.5 Å². The number of piperidine rings is 1. The number of aromatic nitrogens is 1. The highest BCUT2D eigenvalue weighted by atomic mass is 32.1. The molecular weight excluding hydrogens is 365 g/mol. The number of hydrogen-bond donors (Lipinski definition) is 1. The van der Waals surface area contributed by atoms with Crippen LogP contribution in [0.25, 0.3) is 0 Å². The maximum absolute atomic E-state index is 13.2. The van der Waals surface area contributed by atoms with Crippen molar-refractivity contribution in [2.45, 2.75) is 25.4 Å². The zero-order chi connectivity index (χ0) is 18.8. The number of carbonyl (C=O) groups excluding carboxylic acids is 1. The Morgan fingerprint density at radius 3 is 2.54 bits per heavy atom. The average Bonchev–Trinajstić information content (AvgIpc) is 3.16. The monoisotopic (exact) mass is 384 g/mol. The van der Waals surface area contributed by atoms with Crippen LogP contribution in [0.2, 0.25) is 0 Å². The van der Waals surface area contributed by atoms with Crippen LogP contribution < -0.4 is 0 Å². The largest absolute Gasteiger partial charge is 0.416 e. The Balaban J connectivity index is 1.73. The van der Waals surface area contributed by atoms with Gasteiger partial charge in [0.15, 0.2) is 0 Å². The highest BCUT2D eigenvalue weighted by molar-refractivity contribution is 7.11. The summed E-state index contributed by atoms with van der Waals surface area (Å²) in [5.41, 5.74) is 0.474. The van der Waals surface area contributed by atoms with E-state index < -0.39 is 17.2 Å². The highest BCUT2D eigenvalue weighted by Crippen LogP contribution is 2.39. The summed E-state index contributed by atoms with van der Waals surface area (Å²) in [6, 6.07) is 5.49. The molecule has 1 amide bonds. The summed E-state index contributed by atoms with van der Waals surface area (Å²) in [6.07, 6.45) is -1.85. The molecule has 0 radical (unpaired) electrons. The zero-order valence-corrected chi connectivity index (χ0v) is 14.8. The quantitative estimate of drug-likeness (QED) is 0.876. The van der Waals surface area contributed by atoms with Gasteiger partial charge in [-0.25, -0.2) is 0 Å². The SMILES string of the molecule is O=C(c1cncs1)N1CCC(CO)(Cc2ccccc2C(F)(F)F)CC1. The Labute approximate surface area is 153 Å². The Morgan fingerprint density at radius 1 is 1.27 bits per heavy atom. The molecule has 1 saturated heterocycles. The third-order valence-corrected chi connectivity index (χ3v) is 5.74. The van der Waals surface area contributed by atoms with Crippen LogP contribution in [0.5, 0.6) is 0 Å². The fraction of sp³-hybridized carbons (Fsp3) is 0.444. The van der Waals surface area contributed by atoms with Crippen LogP contribution in [0.3, 0.4) is 0 Å². The Bertz CT molecular complexity index is 754. The van der Waals surface area contributed by atoms with Gasteiger partial charge in [0.05, 0.1) is 17.3 Å². The molecule has 2 heterocycles. The number of amides is 1. The lowest BCUT2D eigenvalue weighted by Gasteiger charge is -2.41. The van der Waals surface area contributed by atoms with E-state index in [1.165, 1.54) is 29.7 Å². The molecule has 1 aromatic carbocycles. The minimum Gasteiger partial charge on any atom is -0.396 e. The first kappa shape index (κ1) is 18.8. The van der Waals surface area contributed by atoms with Crippen molar-refractivity contribution in [2.75, 3.05) is 19.7 Å². The Kier molecular flexibility index (Phi) is 5.34. The van der Waals surface area contributed by atoms with E-state index in [4.69, 9.17) is 0 Å². The van der Waals surface area contributed by atoms with E-state index in [2.05, 4.69) is 4.98 Å². The van der Waals surface area contributed by atoms with Gasteiger partial charge in [-0.1, -0.05) is 18.2 Å². The molecule has 0 saturated carbocycles. The second kappa shape index (κ2) is 7.36. The number of nitrogens with zero attached hydrogens (tertiary/aromatic N) is 2. The van der Waals surface area contributed by atoms with E-state index in [0.717, 1.165) is 6.07 Å². The van der Waals surface area contributed by atoms with Crippen LogP contribution in [0.4, 0.5) is 13.2 Å². The first-order valence-electron chi connectivity index (χ1n) is 8.28. The number of halogens is 3. The van der Waals surface area contributed by atoms with Gasteiger partial charge in [-0.05, 0) is 30.9 Å². The van der Waals surface area contributed by atoms with Crippen LogP contribution in [-0.2, 0) is 12.6 Å². The van der Waals surface area contributed by atoms with Gasteiger partial charge in [0.25, 0.3) is 5.91 Å². The van der Waals surface area contributed by atoms with Gasteiger partial charge in [0.2, 0.25) is 0 Å². The van der Waals surface area contributed by atoms with Crippen LogP contribution >= 0.6 is 11.3 Å². The molecule has 1 N–H and O–H groups in total. The van der Waals surface area contributed by atoms with E-state index in [-0.39, 0.29) is 24.5 Å². The summed E-state index contributed by atoms with van der Waals surface area (Å²) >= 11 is 1.26. The third kappa shape index (κ3) is 3.91. The van der Waals surface area contributed by atoms with Crippen molar-refractivity contribution in [3.63, 3.8) is 0 Å². The molecule has 8 heteroatoms. The lowest BCUT2D eigenvalue weighted by molar-refractivity contribution is -0.138. The number of aliphatic hydroxyl groups is 1. The van der Waals surface area contributed by atoms with Crippen LogP contribution in [0, 0.1) is 5.41 Å². The molecule has 2 aromatic rings. The molecule has 3 rings (SSSR count). The number of thiazole rings is 1. The van der Waals surface area contributed by atoms with Gasteiger partial charge in [0, 0.05) is 25.1 Å². The first-order valence-corrected chi connectivity index (χ1v) is 9.16. The zero-order valence-electron chi connectivity index (χ0n) is 14.0. The summed E-state index contributed by atoms with van der Waals surface area (Å²) in [6.45, 7) is 0.610. The van der Waals surface area contributed by atoms with Crippen molar-refractivity contribution in [3.05, 3.63) is 52.0 Å². The molecule has 1 aliphatic heterocycles. The molecule has 0 bridgehead atoms. The smallest absolute Gasteiger partial charge is 0.396 e. The second-order valence-corrected chi connectivity index (χ2v) is 7.53. The Hall–Kier alpha value is -1.93. The fourth-order valence-corrected chi connectivity index (χ4v) is 3.99. The minimum absolute atomic E-state index is 0.116. The molecule has 0 spiro atoms. The van der Waals surface area contributed by atoms with E-state index in [1.807, 2.05) is 0 Å². The topological polar surface area (TPSA) is 53.4 Å². The van der Waals surface area contributed by atoms with E-state index >= 15 is 0 Å².